The number of amides is 1. The Morgan fingerprint density at radius 2 is 2.07 bits per heavy atom. The number of pyridine rings is 1. The molecule has 0 aliphatic carbocycles. The predicted octanol–water partition coefficient (Wildman–Crippen LogP) is 3.68. The Balaban J connectivity index is 2.12. The summed E-state index contributed by atoms with van der Waals surface area (Å²) >= 11 is 6.61. The summed E-state index contributed by atoms with van der Waals surface area (Å²) in [6.07, 6.45) is 4.28. The Kier molecular flexibility index (Phi) is 6.20. The lowest BCUT2D eigenvalue weighted by Crippen LogP contribution is -2.31. The predicted molar refractivity (Wildman–Crippen MR) is 120 cm³/mol. The van der Waals surface area contributed by atoms with Crippen molar-refractivity contribution in [3.8, 4) is 0 Å². The van der Waals surface area contributed by atoms with Crippen molar-refractivity contribution < 1.29 is 4.79 Å². The molecule has 148 valence electrons. The maximum absolute atomic E-state index is 13.2. The van der Waals surface area contributed by atoms with E-state index >= 15 is 0 Å². The van der Waals surface area contributed by atoms with Crippen LogP contribution in [-0.4, -0.2) is 37.6 Å². The van der Waals surface area contributed by atoms with Gasteiger partial charge in [0.05, 0.1) is 10.5 Å². The van der Waals surface area contributed by atoms with E-state index in [1.807, 2.05) is 39.8 Å². The molecule has 28 heavy (non-hydrogen) atoms. The number of rotatable bonds is 6. The first-order valence-electron chi connectivity index (χ1n) is 9.34. The Labute approximate surface area is 174 Å². The van der Waals surface area contributed by atoms with Crippen molar-refractivity contribution in [1.29, 1.82) is 0 Å². The van der Waals surface area contributed by atoms with Crippen LogP contribution >= 0.6 is 24.0 Å². The summed E-state index contributed by atoms with van der Waals surface area (Å²) in [6, 6.07) is 3.74. The van der Waals surface area contributed by atoms with E-state index in [1.165, 1.54) is 16.2 Å². The monoisotopic (exact) mass is 416 g/mol. The van der Waals surface area contributed by atoms with Gasteiger partial charge in [-0.15, -0.1) is 0 Å². The van der Waals surface area contributed by atoms with Crippen LogP contribution < -0.4 is 10.9 Å². The zero-order valence-electron chi connectivity index (χ0n) is 16.5. The maximum Gasteiger partial charge on any atom is 0.267 e. The number of carbonyl (C=O) groups excluding carboxylic acids is 1. The molecule has 0 aromatic carbocycles. The maximum atomic E-state index is 13.2. The average molecular weight is 417 g/mol. The van der Waals surface area contributed by atoms with Crippen molar-refractivity contribution in [2.24, 2.45) is 5.92 Å². The minimum atomic E-state index is -0.207. The molecule has 1 aliphatic heterocycles. The molecule has 1 amide bonds. The number of carbonyl (C=O) groups is 1. The van der Waals surface area contributed by atoms with Crippen LogP contribution in [0.3, 0.4) is 0 Å². The van der Waals surface area contributed by atoms with Crippen LogP contribution in [0.1, 0.15) is 38.3 Å². The molecule has 0 radical (unpaired) electrons. The fourth-order valence-electron chi connectivity index (χ4n) is 2.92. The summed E-state index contributed by atoms with van der Waals surface area (Å²) in [4.78, 5) is 32.6. The van der Waals surface area contributed by atoms with Crippen LogP contribution in [0.2, 0.25) is 0 Å². The third-order valence-corrected chi connectivity index (χ3v) is 5.62. The van der Waals surface area contributed by atoms with E-state index in [-0.39, 0.29) is 11.5 Å². The Morgan fingerprint density at radius 3 is 2.75 bits per heavy atom. The number of thiocarbonyl (C=S) groups is 1. The number of aromatic nitrogens is 2. The second kappa shape index (κ2) is 8.45. The standard InChI is InChI=1S/C20H24N4O2S2/c1-5-8-21-17-14(18(25)23-11-13(4)6-7-16(23)22-17)9-15-19(26)24(10-12(2)3)20(27)28-15/h6-7,9,11-12,21H,5,8,10H2,1-4H3/b15-9+. The first kappa shape index (κ1) is 20.5. The van der Waals surface area contributed by atoms with Crippen molar-refractivity contribution >= 4 is 51.7 Å². The zero-order chi connectivity index (χ0) is 20.4. The number of hydrogen-bond acceptors (Lipinski definition) is 6. The van der Waals surface area contributed by atoms with Gasteiger partial charge in [-0.3, -0.25) is 18.9 Å². The minimum Gasteiger partial charge on any atom is -0.369 e. The topological polar surface area (TPSA) is 66.7 Å². The molecule has 2 aromatic rings. The first-order chi connectivity index (χ1) is 13.3. The molecule has 8 heteroatoms. The van der Waals surface area contributed by atoms with Gasteiger partial charge in [-0.2, -0.15) is 0 Å². The molecule has 0 bridgehead atoms. The number of fused-ring (bicyclic) bond motifs is 1. The molecular formula is C20H24N4O2S2. The van der Waals surface area contributed by atoms with Gasteiger partial charge in [-0.25, -0.2) is 4.98 Å². The van der Waals surface area contributed by atoms with Gasteiger partial charge >= 0.3 is 0 Å². The number of nitrogens with one attached hydrogen (secondary N) is 1. The smallest absolute Gasteiger partial charge is 0.267 e. The summed E-state index contributed by atoms with van der Waals surface area (Å²) in [5.74, 6) is 0.642. The van der Waals surface area contributed by atoms with Crippen molar-refractivity contribution in [3.05, 3.63) is 44.7 Å². The summed E-state index contributed by atoms with van der Waals surface area (Å²) in [6.45, 7) is 9.29. The molecule has 0 saturated carbocycles. The Hall–Kier alpha value is -2.19. The highest BCUT2D eigenvalue weighted by molar-refractivity contribution is 8.26. The number of aryl methyl sites for hydroxylation is 1. The SMILES string of the molecule is CCCNc1nc2ccc(C)cn2c(=O)c1/C=C1/SC(=S)N(CC(C)C)C1=O. The van der Waals surface area contributed by atoms with Crippen LogP contribution in [0.25, 0.3) is 11.7 Å². The Morgan fingerprint density at radius 1 is 1.32 bits per heavy atom. The highest BCUT2D eigenvalue weighted by Gasteiger charge is 2.32. The molecule has 2 aromatic heterocycles. The fraction of sp³-hybridized carbons (Fsp3) is 0.400. The molecule has 0 spiro atoms. The normalized spacial score (nSPS) is 16.0. The van der Waals surface area contributed by atoms with E-state index in [1.54, 1.807) is 17.2 Å². The van der Waals surface area contributed by atoms with Crippen molar-refractivity contribution in [3.63, 3.8) is 0 Å². The largest absolute Gasteiger partial charge is 0.369 e. The van der Waals surface area contributed by atoms with Crippen molar-refractivity contribution in [1.82, 2.24) is 14.3 Å². The summed E-state index contributed by atoms with van der Waals surface area (Å²) in [5.41, 5.74) is 1.70. The van der Waals surface area contributed by atoms with Gasteiger partial charge in [0.2, 0.25) is 0 Å². The molecule has 1 saturated heterocycles. The molecule has 0 atom stereocenters. The van der Waals surface area contributed by atoms with Gasteiger partial charge < -0.3 is 5.32 Å². The van der Waals surface area contributed by atoms with Gasteiger partial charge in [0.15, 0.2) is 0 Å². The van der Waals surface area contributed by atoms with Gasteiger partial charge in [-0.1, -0.05) is 50.8 Å². The second-order valence-corrected chi connectivity index (χ2v) is 8.90. The van der Waals surface area contributed by atoms with E-state index in [0.29, 0.717) is 45.3 Å². The third-order valence-electron chi connectivity index (χ3n) is 4.24. The number of thioether (sulfide) groups is 1. The van der Waals surface area contributed by atoms with Gasteiger partial charge in [0, 0.05) is 19.3 Å². The molecule has 1 N–H and O–H groups in total. The number of hydrogen-bond donors (Lipinski definition) is 1. The quantitative estimate of drug-likeness (QED) is 0.572. The molecule has 3 rings (SSSR count). The first-order valence-corrected chi connectivity index (χ1v) is 10.6. The molecule has 0 unspecified atom stereocenters. The highest BCUT2D eigenvalue weighted by atomic mass is 32.2. The lowest BCUT2D eigenvalue weighted by Gasteiger charge is -2.16. The number of nitrogens with zero attached hydrogens (tertiary/aromatic N) is 3. The molecule has 1 fully saturated rings. The molecule has 3 heterocycles. The van der Waals surface area contributed by atoms with Crippen molar-refractivity contribution in [2.75, 3.05) is 18.4 Å². The summed E-state index contributed by atoms with van der Waals surface area (Å²) < 4.78 is 2.05. The van der Waals surface area contributed by atoms with Crippen LogP contribution in [0.4, 0.5) is 5.82 Å². The summed E-state index contributed by atoms with van der Waals surface area (Å²) in [7, 11) is 0. The van der Waals surface area contributed by atoms with Gasteiger partial charge in [0.25, 0.3) is 11.5 Å². The van der Waals surface area contributed by atoms with E-state index in [2.05, 4.69) is 10.3 Å². The van der Waals surface area contributed by atoms with E-state index in [4.69, 9.17) is 12.2 Å². The second-order valence-electron chi connectivity index (χ2n) is 7.23. The van der Waals surface area contributed by atoms with E-state index in [0.717, 1.165) is 12.0 Å². The zero-order valence-corrected chi connectivity index (χ0v) is 18.1. The van der Waals surface area contributed by atoms with E-state index in [9.17, 15) is 9.59 Å². The van der Waals surface area contributed by atoms with Crippen molar-refractivity contribution in [2.45, 2.75) is 34.1 Å². The van der Waals surface area contributed by atoms with Crippen LogP contribution in [0.5, 0.6) is 0 Å². The lowest BCUT2D eigenvalue weighted by atomic mass is 10.2. The number of anilines is 1. The highest BCUT2D eigenvalue weighted by Crippen LogP contribution is 2.33. The molecular weight excluding hydrogens is 392 g/mol. The minimum absolute atomic E-state index is 0.154. The Bertz CT molecular complexity index is 1030. The van der Waals surface area contributed by atoms with Crippen LogP contribution in [0, 0.1) is 12.8 Å². The van der Waals surface area contributed by atoms with E-state index < -0.39 is 0 Å². The average Bonchev–Trinajstić information content (AvgIpc) is 2.90. The lowest BCUT2D eigenvalue weighted by molar-refractivity contribution is -0.122. The summed E-state index contributed by atoms with van der Waals surface area (Å²) in [5, 5.41) is 3.22. The van der Waals surface area contributed by atoms with Gasteiger partial charge in [-0.05, 0) is 37.0 Å². The van der Waals surface area contributed by atoms with Crippen LogP contribution in [0.15, 0.2) is 28.0 Å². The van der Waals surface area contributed by atoms with Gasteiger partial charge in [0.1, 0.15) is 15.8 Å². The molecule has 6 nitrogen and oxygen atoms in total. The molecule has 1 aliphatic rings. The van der Waals surface area contributed by atoms with Crippen LogP contribution in [-0.2, 0) is 4.79 Å². The third kappa shape index (κ3) is 4.12. The fourth-order valence-corrected chi connectivity index (χ4v) is 4.18.